The number of piperazine rings is 1. The number of nitrogens with zero attached hydrogens (tertiary/aromatic N) is 1. The number of rotatable bonds is 2. The number of benzene rings is 1. The molecule has 1 fully saturated rings. The lowest BCUT2D eigenvalue weighted by Gasteiger charge is -2.36. The first kappa shape index (κ1) is 14.1. The predicted molar refractivity (Wildman–Crippen MR) is 73.9 cm³/mol. The van der Waals surface area contributed by atoms with Crippen molar-refractivity contribution >= 4 is 23.2 Å². The molecule has 1 aromatic carbocycles. The molecular weight excluding hydrogens is 274 g/mol. The highest BCUT2D eigenvalue weighted by Crippen LogP contribution is 2.31. The summed E-state index contributed by atoms with van der Waals surface area (Å²) in [5, 5.41) is 3.99. The summed E-state index contributed by atoms with van der Waals surface area (Å²) in [4.78, 5) is 2.30. The first-order valence-corrected chi connectivity index (χ1v) is 6.86. The molecule has 2 rings (SSSR count). The maximum atomic E-state index is 13.5. The molecule has 1 saturated heterocycles. The van der Waals surface area contributed by atoms with Crippen molar-refractivity contribution in [1.29, 1.82) is 0 Å². The molecular formula is C13H17Cl2FN2. The van der Waals surface area contributed by atoms with E-state index in [0.29, 0.717) is 11.1 Å². The monoisotopic (exact) mass is 290 g/mol. The van der Waals surface area contributed by atoms with Crippen LogP contribution in [0, 0.1) is 5.82 Å². The maximum absolute atomic E-state index is 13.5. The van der Waals surface area contributed by atoms with Crippen LogP contribution in [0.5, 0.6) is 0 Å². The van der Waals surface area contributed by atoms with Gasteiger partial charge in [0.05, 0.1) is 5.02 Å². The number of hydrogen-bond acceptors (Lipinski definition) is 2. The van der Waals surface area contributed by atoms with Crippen LogP contribution in [-0.4, -0.2) is 30.6 Å². The second-order valence-corrected chi connectivity index (χ2v) is 5.63. The minimum Gasteiger partial charge on any atom is -0.312 e. The normalized spacial score (nSPS) is 23.1. The van der Waals surface area contributed by atoms with E-state index in [9.17, 15) is 4.39 Å². The van der Waals surface area contributed by atoms with Gasteiger partial charge in [-0.2, -0.15) is 0 Å². The summed E-state index contributed by atoms with van der Waals surface area (Å²) in [6, 6.07) is 3.46. The second kappa shape index (κ2) is 5.74. The molecule has 0 amide bonds. The Morgan fingerprint density at radius 1 is 1.39 bits per heavy atom. The maximum Gasteiger partial charge on any atom is 0.142 e. The van der Waals surface area contributed by atoms with Crippen molar-refractivity contribution < 1.29 is 4.39 Å². The second-order valence-electron chi connectivity index (χ2n) is 4.81. The lowest BCUT2D eigenvalue weighted by molar-refractivity contribution is 0.158. The standard InChI is InChI=1S/C13H17Cl2FN2/c1-8-7-18(4-3-17-8)9(2)10-5-13(16)12(15)6-11(10)14/h5-6,8-9,17H,3-4,7H2,1-2H3. The highest BCUT2D eigenvalue weighted by molar-refractivity contribution is 6.35. The van der Waals surface area contributed by atoms with Crippen molar-refractivity contribution in [2.75, 3.05) is 19.6 Å². The third-order valence-corrected chi connectivity index (χ3v) is 4.05. The summed E-state index contributed by atoms with van der Waals surface area (Å²) >= 11 is 11.9. The van der Waals surface area contributed by atoms with Crippen LogP contribution in [0.1, 0.15) is 25.5 Å². The van der Waals surface area contributed by atoms with Gasteiger partial charge in [0.1, 0.15) is 5.82 Å². The lowest BCUT2D eigenvalue weighted by Crippen LogP contribution is -2.49. The van der Waals surface area contributed by atoms with Crippen molar-refractivity contribution in [3.05, 3.63) is 33.6 Å². The van der Waals surface area contributed by atoms with Gasteiger partial charge in [0.25, 0.3) is 0 Å². The summed E-state index contributed by atoms with van der Waals surface area (Å²) in [6.07, 6.45) is 0. The van der Waals surface area contributed by atoms with Gasteiger partial charge in [-0.3, -0.25) is 4.90 Å². The number of hydrogen-bond donors (Lipinski definition) is 1. The van der Waals surface area contributed by atoms with Gasteiger partial charge in [-0.25, -0.2) is 4.39 Å². The van der Waals surface area contributed by atoms with E-state index in [0.717, 1.165) is 25.2 Å². The van der Waals surface area contributed by atoms with E-state index in [1.165, 1.54) is 12.1 Å². The van der Waals surface area contributed by atoms with E-state index >= 15 is 0 Å². The predicted octanol–water partition coefficient (Wildman–Crippen LogP) is 3.49. The van der Waals surface area contributed by atoms with Crippen LogP contribution in [0.2, 0.25) is 10.0 Å². The fourth-order valence-electron chi connectivity index (χ4n) is 2.37. The summed E-state index contributed by atoms with van der Waals surface area (Å²) in [7, 11) is 0. The third-order valence-electron chi connectivity index (χ3n) is 3.44. The molecule has 100 valence electrons. The van der Waals surface area contributed by atoms with Gasteiger partial charge in [-0.1, -0.05) is 23.2 Å². The Kier molecular flexibility index (Phi) is 4.49. The smallest absolute Gasteiger partial charge is 0.142 e. The van der Waals surface area contributed by atoms with Gasteiger partial charge < -0.3 is 5.32 Å². The zero-order chi connectivity index (χ0) is 13.3. The van der Waals surface area contributed by atoms with Crippen LogP contribution in [0.4, 0.5) is 4.39 Å². The molecule has 0 aliphatic carbocycles. The van der Waals surface area contributed by atoms with Crippen molar-refractivity contribution in [2.24, 2.45) is 0 Å². The molecule has 18 heavy (non-hydrogen) atoms. The fourth-order valence-corrected chi connectivity index (χ4v) is 2.91. The van der Waals surface area contributed by atoms with Gasteiger partial charge >= 0.3 is 0 Å². The molecule has 2 unspecified atom stereocenters. The molecule has 0 aromatic heterocycles. The molecule has 0 radical (unpaired) electrons. The summed E-state index contributed by atoms with van der Waals surface area (Å²) in [6.45, 7) is 7.00. The van der Waals surface area contributed by atoms with E-state index < -0.39 is 5.82 Å². The van der Waals surface area contributed by atoms with Crippen molar-refractivity contribution in [3.8, 4) is 0 Å². The molecule has 0 saturated carbocycles. The third kappa shape index (κ3) is 2.97. The Labute approximate surface area is 117 Å². The van der Waals surface area contributed by atoms with E-state index in [1.54, 1.807) is 0 Å². The molecule has 1 aliphatic heterocycles. The van der Waals surface area contributed by atoms with Crippen LogP contribution in [0.3, 0.4) is 0 Å². The number of halogens is 3. The van der Waals surface area contributed by atoms with Crippen LogP contribution >= 0.6 is 23.2 Å². The van der Waals surface area contributed by atoms with Gasteiger partial charge in [0, 0.05) is 36.7 Å². The average Bonchev–Trinajstić information content (AvgIpc) is 2.33. The Morgan fingerprint density at radius 2 is 2.11 bits per heavy atom. The molecule has 0 bridgehead atoms. The van der Waals surface area contributed by atoms with Crippen molar-refractivity contribution in [2.45, 2.75) is 25.9 Å². The van der Waals surface area contributed by atoms with Crippen LogP contribution in [-0.2, 0) is 0 Å². The molecule has 0 spiro atoms. The largest absolute Gasteiger partial charge is 0.312 e. The minimum absolute atomic E-state index is 0.0737. The summed E-state index contributed by atoms with van der Waals surface area (Å²) in [5.41, 5.74) is 0.799. The molecule has 2 nitrogen and oxygen atoms in total. The zero-order valence-corrected chi connectivity index (χ0v) is 12.0. The van der Waals surface area contributed by atoms with E-state index in [4.69, 9.17) is 23.2 Å². The minimum atomic E-state index is -0.411. The Balaban J connectivity index is 2.22. The summed E-state index contributed by atoms with van der Waals surface area (Å²) in [5.74, 6) is -0.411. The topological polar surface area (TPSA) is 15.3 Å². The molecule has 2 atom stereocenters. The fraction of sp³-hybridized carbons (Fsp3) is 0.538. The quantitative estimate of drug-likeness (QED) is 0.839. The SMILES string of the molecule is CC1CN(C(C)c2cc(F)c(Cl)cc2Cl)CCN1. The van der Waals surface area contributed by atoms with Gasteiger partial charge in [-0.05, 0) is 31.5 Å². The Hall–Kier alpha value is -0.350. The molecule has 1 aromatic rings. The number of nitrogens with one attached hydrogen (secondary N) is 1. The van der Waals surface area contributed by atoms with Crippen LogP contribution < -0.4 is 5.32 Å². The highest BCUT2D eigenvalue weighted by atomic mass is 35.5. The van der Waals surface area contributed by atoms with Crippen molar-refractivity contribution in [1.82, 2.24) is 10.2 Å². The molecule has 5 heteroatoms. The van der Waals surface area contributed by atoms with Gasteiger partial charge in [-0.15, -0.1) is 0 Å². The molecule has 1 aliphatic rings. The molecule has 1 heterocycles. The zero-order valence-electron chi connectivity index (χ0n) is 10.5. The first-order valence-electron chi connectivity index (χ1n) is 6.11. The van der Waals surface area contributed by atoms with Crippen LogP contribution in [0.25, 0.3) is 0 Å². The van der Waals surface area contributed by atoms with Crippen molar-refractivity contribution in [3.63, 3.8) is 0 Å². The summed E-state index contributed by atoms with van der Waals surface area (Å²) < 4.78 is 13.5. The molecule has 1 N–H and O–H groups in total. The van der Waals surface area contributed by atoms with Gasteiger partial charge in [0.15, 0.2) is 0 Å². The lowest BCUT2D eigenvalue weighted by atomic mass is 10.0. The Bertz CT molecular complexity index is 439. The average molecular weight is 291 g/mol. The highest BCUT2D eigenvalue weighted by Gasteiger charge is 2.23. The van der Waals surface area contributed by atoms with E-state index in [1.807, 2.05) is 6.92 Å². The Morgan fingerprint density at radius 3 is 2.78 bits per heavy atom. The van der Waals surface area contributed by atoms with E-state index in [2.05, 4.69) is 17.1 Å². The van der Waals surface area contributed by atoms with E-state index in [-0.39, 0.29) is 11.1 Å². The van der Waals surface area contributed by atoms with Crippen LogP contribution in [0.15, 0.2) is 12.1 Å². The first-order chi connectivity index (χ1) is 8.49. The van der Waals surface area contributed by atoms with Gasteiger partial charge in [0.2, 0.25) is 0 Å².